The third kappa shape index (κ3) is 6.76. The molecule has 11 heteroatoms. The highest BCUT2D eigenvalue weighted by atomic mass is 32.1. The van der Waals surface area contributed by atoms with Crippen LogP contribution in [0.2, 0.25) is 0 Å². The van der Waals surface area contributed by atoms with Crippen LogP contribution in [0.3, 0.4) is 0 Å². The first-order chi connectivity index (χ1) is 13.3. The number of ether oxygens (including phenoxy) is 1. The van der Waals surface area contributed by atoms with E-state index in [1.165, 1.54) is 11.3 Å². The molecule has 1 heterocycles. The fourth-order valence-corrected chi connectivity index (χ4v) is 2.49. The first kappa shape index (κ1) is 21.0. The second-order valence-electron chi connectivity index (χ2n) is 5.27. The number of benzene rings is 1. The number of carbonyl (C=O) groups excluding carboxylic acids is 4. The predicted molar refractivity (Wildman–Crippen MR) is 95.6 cm³/mol. The van der Waals surface area contributed by atoms with Gasteiger partial charge in [-0.15, -0.1) is 11.3 Å². The van der Waals surface area contributed by atoms with E-state index in [-0.39, 0.29) is 5.69 Å². The van der Waals surface area contributed by atoms with Gasteiger partial charge in [0.25, 0.3) is 11.8 Å². The van der Waals surface area contributed by atoms with Gasteiger partial charge in [0, 0.05) is 11.8 Å². The van der Waals surface area contributed by atoms with Gasteiger partial charge in [-0.25, -0.2) is 8.78 Å². The van der Waals surface area contributed by atoms with E-state index in [0.29, 0.717) is 4.88 Å². The van der Waals surface area contributed by atoms with E-state index in [4.69, 9.17) is 0 Å². The maximum absolute atomic E-state index is 13.0. The zero-order valence-electron chi connectivity index (χ0n) is 14.3. The van der Waals surface area contributed by atoms with Crippen LogP contribution in [-0.2, 0) is 19.1 Å². The minimum absolute atomic E-state index is 0.0195. The highest BCUT2D eigenvalue weighted by Gasteiger charge is 2.12. The lowest BCUT2D eigenvalue weighted by molar-refractivity contribution is -0.147. The van der Waals surface area contributed by atoms with Crippen LogP contribution >= 0.6 is 11.3 Å². The fourth-order valence-electron chi connectivity index (χ4n) is 1.85. The van der Waals surface area contributed by atoms with Gasteiger partial charge in [0.15, 0.2) is 18.2 Å². The summed E-state index contributed by atoms with van der Waals surface area (Å²) in [5, 5.41) is 8.50. The zero-order chi connectivity index (χ0) is 20.5. The van der Waals surface area contributed by atoms with Gasteiger partial charge in [-0.1, -0.05) is 6.07 Å². The molecule has 0 aliphatic rings. The molecule has 8 nitrogen and oxygen atoms in total. The maximum Gasteiger partial charge on any atom is 0.325 e. The molecule has 0 saturated heterocycles. The normalized spacial score (nSPS) is 10.1. The monoisotopic (exact) mass is 411 g/mol. The fraction of sp³-hybridized carbons (Fsp3) is 0.176. The van der Waals surface area contributed by atoms with Gasteiger partial charge in [0.2, 0.25) is 5.91 Å². The number of amides is 3. The Hall–Kier alpha value is -3.34. The smallest absolute Gasteiger partial charge is 0.325 e. The zero-order valence-corrected chi connectivity index (χ0v) is 15.1. The lowest BCUT2D eigenvalue weighted by Crippen LogP contribution is -2.37. The molecule has 0 unspecified atom stereocenters. The van der Waals surface area contributed by atoms with Gasteiger partial charge in [-0.3, -0.25) is 19.2 Å². The van der Waals surface area contributed by atoms with Crippen molar-refractivity contribution in [2.24, 2.45) is 0 Å². The van der Waals surface area contributed by atoms with E-state index in [1.54, 1.807) is 17.5 Å². The summed E-state index contributed by atoms with van der Waals surface area (Å²) in [5.41, 5.74) is 0.0195. The molecule has 3 amide bonds. The lowest BCUT2D eigenvalue weighted by atomic mass is 10.3. The van der Waals surface area contributed by atoms with E-state index in [1.807, 2.05) is 0 Å². The molecule has 0 fully saturated rings. The maximum atomic E-state index is 13.0. The van der Waals surface area contributed by atoms with Crippen molar-refractivity contribution in [1.82, 2.24) is 10.6 Å². The molecule has 3 N–H and O–H groups in total. The first-order valence-electron chi connectivity index (χ1n) is 7.84. The van der Waals surface area contributed by atoms with Crippen LogP contribution in [0, 0.1) is 11.6 Å². The van der Waals surface area contributed by atoms with Gasteiger partial charge >= 0.3 is 5.97 Å². The number of nitrogens with one attached hydrogen (secondary N) is 3. The van der Waals surface area contributed by atoms with Crippen molar-refractivity contribution < 1.29 is 32.7 Å². The van der Waals surface area contributed by atoms with Crippen LogP contribution in [0.5, 0.6) is 0 Å². The number of thiophene rings is 1. The van der Waals surface area contributed by atoms with Gasteiger partial charge in [0.05, 0.1) is 11.4 Å². The number of carbonyl (C=O) groups is 4. The second-order valence-corrected chi connectivity index (χ2v) is 6.22. The lowest BCUT2D eigenvalue weighted by Gasteiger charge is -2.08. The number of hydrogen-bond donors (Lipinski definition) is 3. The molecule has 0 aliphatic carbocycles. The van der Waals surface area contributed by atoms with Crippen LogP contribution in [-0.4, -0.2) is 43.4 Å². The molecule has 0 radical (unpaired) electrons. The minimum Gasteiger partial charge on any atom is -0.454 e. The minimum atomic E-state index is -1.13. The molecule has 0 atom stereocenters. The van der Waals surface area contributed by atoms with E-state index in [0.717, 1.165) is 18.2 Å². The number of hydrogen-bond acceptors (Lipinski definition) is 6. The Kier molecular flexibility index (Phi) is 7.57. The van der Waals surface area contributed by atoms with E-state index in [2.05, 4.69) is 20.7 Å². The molecular formula is C17H15F2N3O5S. The molecule has 1 aromatic heterocycles. The van der Waals surface area contributed by atoms with Crippen LogP contribution in [0.1, 0.15) is 9.67 Å². The molecule has 1 aromatic carbocycles. The molecule has 2 rings (SSSR count). The molecular weight excluding hydrogens is 396 g/mol. The quantitative estimate of drug-likeness (QED) is 0.562. The van der Waals surface area contributed by atoms with Crippen LogP contribution in [0.15, 0.2) is 35.7 Å². The molecule has 0 bridgehead atoms. The Morgan fingerprint density at radius 3 is 2.43 bits per heavy atom. The van der Waals surface area contributed by atoms with E-state index >= 15 is 0 Å². The van der Waals surface area contributed by atoms with Gasteiger partial charge < -0.3 is 20.7 Å². The summed E-state index contributed by atoms with van der Waals surface area (Å²) in [4.78, 5) is 46.8. The third-order valence-electron chi connectivity index (χ3n) is 3.15. The van der Waals surface area contributed by atoms with Crippen molar-refractivity contribution in [3.05, 3.63) is 52.2 Å². The SMILES string of the molecule is O=C(COC(=O)CNC(=O)c1cccs1)NCC(=O)Nc1ccc(F)c(F)c1. The highest BCUT2D eigenvalue weighted by Crippen LogP contribution is 2.12. The average molecular weight is 411 g/mol. The van der Waals surface area contributed by atoms with E-state index < -0.39 is 55.0 Å². The molecule has 0 saturated carbocycles. The van der Waals surface area contributed by atoms with Crippen molar-refractivity contribution in [2.75, 3.05) is 25.0 Å². The number of anilines is 1. The van der Waals surface area contributed by atoms with Gasteiger partial charge in [-0.2, -0.15) is 0 Å². The first-order valence-corrected chi connectivity index (χ1v) is 8.72. The Labute approximate surface area is 161 Å². The summed E-state index contributed by atoms with van der Waals surface area (Å²) in [5.74, 6) is -4.89. The molecule has 28 heavy (non-hydrogen) atoms. The number of halogens is 2. The highest BCUT2D eigenvalue weighted by molar-refractivity contribution is 7.12. The Bertz CT molecular complexity index is 874. The topological polar surface area (TPSA) is 114 Å². The summed E-state index contributed by atoms with van der Waals surface area (Å²) < 4.78 is 30.5. The van der Waals surface area contributed by atoms with Gasteiger partial charge in [-0.05, 0) is 23.6 Å². The largest absolute Gasteiger partial charge is 0.454 e. The standard InChI is InChI=1S/C17H15F2N3O5S/c18-11-4-3-10(6-12(11)19)22-14(23)7-20-15(24)9-27-16(25)8-21-17(26)13-2-1-5-28-13/h1-6H,7-9H2,(H,20,24)(H,21,26)(H,22,23). The molecule has 0 spiro atoms. The molecule has 148 valence electrons. The number of esters is 1. The summed E-state index contributed by atoms with van der Waals surface area (Å²) in [6.45, 7) is -1.53. The van der Waals surface area contributed by atoms with Crippen molar-refractivity contribution in [3.8, 4) is 0 Å². The molecule has 0 aliphatic heterocycles. The Morgan fingerprint density at radius 1 is 0.964 bits per heavy atom. The van der Waals surface area contributed by atoms with Crippen LogP contribution in [0.25, 0.3) is 0 Å². The van der Waals surface area contributed by atoms with E-state index in [9.17, 15) is 28.0 Å². The second kappa shape index (κ2) is 10.1. The van der Waals surface area contributed by atoms with Crippen molar-refractivity contribution in [3.63, 3.8) is 0 Å². The summed E-state index contributed by atoms with van der Waals surface area (Å²) in [7, 11) is 0. The summed E-state index contributed by atoms with van der Waals surface area (Å²) in [6, 6.07) is 6.07. The van der Waals surface area contributed by atoms with Gasteiger partial charge in [0.1, 0.15) is 6.54 Å². The summed E-state index contributed by atoms with van der Waals surface area (Å²) in [6.07, 6.45) is 0. The Balaban J connectivity index is 1.63. The predicted octanol–water partition coefficient (Wildman–Crippen LogP) is 1.05. The van der Waals surface area contributed by atoms with Crippen LogP contribution < -0.4 is 16.0 Å². The van der Waals surface area contributed by atoms with Crippen LogP contribution in [0.4, 0.5) is 14.5 Å². The summed E-state index contributed by atoms with van der Waals surface area (Å²) >= 11 is 1.21. The third-order valence-corrected chi connectivity index (χ3v) is 4.02. The van der Waals surface area contributed by atoms with Crippen molar-refractivity contribution in [2.45, 2.75) is 0 Å². The van der Waals surface area contributed by atoms with Crippen molar-refractivity contribution >= 4 is 40.7 Å². The molecule has 2 aromatic rings. The average Bonchev–Trinajstić information content (AvgIpc) is 3.20. The number of rotatable bonds is 8. The van der Waals surface area contributed by atoms with Crippen molar-refractivity contribution in [1.29, 1.82) is 0 Å². The Morgan fingerprint density at radius 2 is 1.75 bits per heavy atom.